The highest BCUT2D eigenvalue weighted by Gasteiger charge is 2.35. The molecule has 0 unspecified atom stereocenters. The lowest BCUT2D eigenvalue weighted by Crippen LogP contribution is -2.42. The molecular formula is C28H23ClN4O3. The van der Waals surface area contributed by atoms with Gasteiger partial charge in [-0.05, 0) is 55.8 Å². The molecular weight excluding hydrogens is 476 g/mol. The lowest BCUT2D eigenvalue weighted by Gasteiger charge is -2.26. The van der Waals surface area contributed by atoms with E-state index in [9.17, 15) is 14.9 Å². The van der Waals surface area contributed by atoms with E-state index in [1.165, 1.54) is 6.08 Å². The highest BCUT2D eigenvalue weighted by Crippen LogP contribution is 2.34. The first-order valence-electron chi connectivity index (χ1n) is 11.3. The second kappa shape index (κ2) is 10.5. The van der Waals surface area contributed by atoms with Gasteiger partial charge in [-0.2, -0.15) is 10.4 Å². The van der Waals surface area contributed by atoms with Gasteiger partial charge in [-0.15, -0.1) is 6.58 Å². The van der Waals surface area contributed by atoms with Gasteiger partial charge in [0, 0.05) is 29.4 Å². The number of rotatable bonds is 7. The summed E-state index contributed by atoms with van der Waals surface area (Å²) in [5, 5.41) is 14.8. The van der Waals surface area contributed by atoms with E-state index in [0.717, 1.165) is 16.2 Å². The molecule has 0 N–H and O–H groups in total. The van der Waals surface area contributed by atoms with Crippen molar-refractivity contribution in [2.75, 3.05) is 13.2 Å². The van der Waals surface area contributed by atoms with Gasteiger partial charge in [-0.3, -0.25) is 14.5 Å². The number of amides is 2. The van der Waals surface area contributed by atoms with Gasteiger partial charge in [0.1, 0.15) is 23.1 Å². The number of carbonyl (C=O) groups excluding carboxylic acids is 2. The first-order valence-corrected chi connectivity index (χ1v) is 11.6. The van der Waals surface area contributed by atoms with E-state index in [1.807, 2.05) is 49.4 Å². The van der Waals surface area contributed by atoms with Crippen molar-refractivity contribution in [3.63, 3.8) is 0 Å². The maximum Gasteiger partial charge on any atom is 0.271 e. The lowest BCUT2D eigenvalue weighted by molar-refractivity contribution is -0.139. The van der Waals surface area contributed by atoms with Crippen LogP contribution in [0.15, 0.2) is 84.1 Å². The molecule has 0 aliphatic carbocycles. The number of aromatic nitrogens is 2. The zero-order chi connectivity index (χ0) is 25.8. The fourth-order valence-corrected chi connectivity index (χ4v) is 4.17. The van der Waals surface area contributed by atoms with E-state index in [-0.39, 0.29) is 17.7 Å². The van der Waals surface area contributed by atoms with Crippen LogP contribution in [-0.2, 0) is 9.59 Å². The molecule has 1 aliphatic heterocycles. The van der Waals surface area contributed by atoms with Crippen molar-refractivity contribution in [1.82, 2.24) is 14.7 Å². The molecule has 1 aromatic heterocycles. The molecule has 0 spiro atoms. The van der Waals surface area contributed by atoms with Gasteiger partial charge in [0.05, 0.1) is 17.3 Å². The molecule has 3 aromatic rings. The second-order valence-electron chi connectivity index (χ2n) is 7.97. The van der Waals surface area contributed by atoms with E-state index in [4.69, 9.17) is 21.4 Å². The molecule has 36 heavy (non-hydrogen) atoms. The average Bonchev–Trinajstić information content (AvgIpc) is 3.30. The monoisotopic (exact) mass is 498 g/mol. The van der Waals surface area contributed by atoms with Crippen molar-refractivity contribution in [3.8, 4) is 28.8 Å². The minimum absolute atomic E-state index is 0.00189. The fourth-order valence-electron chi connectivity index (χ4n) is 3.93. The minimum Gasteiger partial charge on any atom is -0.492 e. The number of halogens is 1. The SMILES string of the molecule is C=CCN1C(=O)C(C#N)=C(C)/C(=C\c2cn(-c3ccccc3)nc2-c2ccc(OCC)c(Cl)c2)C1=O. The number of carbonyl (C=O) groups is 2. The summed E-state index contributed by atoms with van der Waals surface area (Å²) in [7, 11) is 0. The number of benzene rings is 2. The average molecular weight is 499 g/mol. The number of hydrogen-bond donors (Lipinski definition) is 0. The molecule has 4 rings (SSSR count). The Balaban J connectivity index is 1.92. The zero-order valence-corrected chi connectivity index (χ0v) is 20.6. The highest BCUT2D eigenvalue weighted by molar-refractivity contribution is 6.32. The van der Waals surface area contributed by atoms with E-state index < -0.39 is 11.8 Å². The molecule has 0 saturated carbocycles. The number of nitriles is 1. The molecule has 0 saturated heterocycles. The van der Waals surface area contributed by atoms with Crippen LogP contribution in [0.2, 0.25) is 5.02 Å². The van der Waals surface area contributed by atoms with Crippen LogP contribution < -0.4 is 4.74 Å². The van der Waals surface area contributed by atoms with Crippen molar-refractivity contribution in [3.05, 3.63) is 94.7 Å². The molecule has 0 atom stereocenters. The fraction of sp³-hybridized carbons (Fsp3) is 0.143. The molecule has 7 nitrogen and oxygen atoms in total. The summed E-state index contributed by atoms with van der Waals surface area (Å²) in [5.41, 5.74) is 3.20. The molecule has 2 aromatic carbocycles. The molecule has 1 aliphatic rings. The summed E-state index contributed by atoms with van der Waals surface area (Å²) in [6.07, 6.45) is 4.90. The number of ether oxygens (including phenoxy) is 1. The Kier molecular flexibility index (Phi) is 7.18. The Hall–Kier alpha value is -4.41. The summed E-state index contributed by atoms with van der Waals surface area (Å²) in [6, 6.07) is 16.8. The van der Waals surface area contributed by atoms with Crippen LogP contribution in [0.1, 0.15) is 19.4 Å². The summed E-state index contributed by atoms with van der Waals surface area (Å²) in [5.74, 6) is -0.570. The lowest BCUT2D eigenvalue weighted by atomic mass is 9.93. The van der Waals surface area contributed by atoms with Crippen LogP contribution in [-0.4, -0.2) is 39.6 Å². The first kappa shape index (κ1) is 24.7. The van der Waals surface area contributed by atoms with Crippen LogP contribution in [0.4, 0.5) is 0 Å². The largest absolute Gasteiger partial charge is 0.492 e. The third-order valence-electron chi connectivity index (χ3n) is 5.71. The number of hydrogen-bond acceptors (Lipinski definition) is 5. The van der Waals surface area contributed by atoms with Crippen LogP contribution in [0.25, 0.3) is 23.0 Å². The van der Waals surface area contributed by atoms with Gasteiger partial charge in [0.2, 0.25) is 0 Å². The third kappa shape index (κ3) is 4.59. The van der Waals surface area contributed by atoms with E-state index >= 15 is 0 Å². The van der Waals surface area contributed by atoms with Crippen molar-refractivity contribution in [2.45, 2.75) is 13.8 Å². The Morgan fingerprint density at radius 1 is 1.17 bits per heavy atom. The van der Waals surface area contributed by atoms with Crippen molar-refractivity contribution in [2.24, 2.45) is 0 Å². The van der Waals surface area contributed by atoms with Gasteiger partial charge < -0.3 is 4.74 Å². The predicted octanol–water partition coefficient (Wildman–Crippen LogP) is 5.37. The summed E-state index contributed by atoms with van der Waals surface area (Å²) < 4.78 is 7.26. The van der Waals surface area contributed by atoms with Gasteiger partial charge >= 0.3 is 0 Å². The van der Waals surface area contributed by atoms with E-state index in [2.05, 4.69) is 6.58 Å². The highest BCUT2D eigenvalue weighted by atomic mass is 35.5. The quantitative estimate of drug-likeness (QED) is 0.248. The maximum atomic E-state index is 13.3. The molecule has 0 bridgehead atoms. The third-order valence-corrected chi connectivity index (χ3v) is 6.00. The van der Waals surface area contributed by atoms with Gasteiger partial charge in [-0.1, -0.05) is 35.9 Å². The molecule has 0 fully saturated rings. The van der Waals surface area contributed by atoms with Crippen LogP contribution in [0.5, 0.6) is 5.75 Å². The summed E-state index contributed by atoms with van der Waals surface area (Å²) >= 11 is 6.45. The second-order valence-corrected chi connectivity index (χ2v) is 8.38. The van der Waals surface area contributed by atoms with E-state index in [0.29, 0.717) is 34.2 Å². The Morgan fingerprint density at radius 2 is 1.92 bits per heavy atom. The van der Waals surface area contributed by atoms with Crippen LogP contribution in [0.3, 0.4) is 0 Å². The van der Waals surface area contributed by atoms with Crippen molar-refractivity contribution >= 4 is 29.5 Å². The molecule has 2 amide bonds. The normalized spacial score (nSPS) is 14.8. The number of para-hydroxylation sites is 1. The Morgan fingerprint density at radius 3 is 2.56 bits per heavy atom. The first-order chi connectivity index (χ1) is 17.4. The smallest absolute Gasteiger partial charge is 0.271 e. The standard InChI is InChI=1S/C28H23ClN4O3/c1-4-13-32-27(34)22(18(3)23(16-30)28(32)35)14-20-17-33(21-9-7-6-8-10-21)31-26(20)19-11-12-25(36-5-2)24(29)15-19/h4,6-12,14-15,17H,1,5,13H2,2-3H3/b22-14+. The van der Waals surface area contributed by atoms with Crippen LogP contribution in [0, 0.1) is 11.3 Å². The van der Waals surface area contributed by atoms with Crippen molar-refractivity contribution < 1.29 is 14.3 Å². The topological polar surface area (TPSA) is 88.2 Å². The van der Waals surface area contributed by atoms with Gasteiger partial charge in [0.25, 0.3) is 11.8 Å². The number of nitrogens with zero attached hydrogens (tertiary/aromatic N) is 4. The molecule has 2 heterocycles. The number of imide groups is 1. The van der Waals surface area contributed by atoms with Crippen molar-refractivity contribution in [1.29, 1.82) is 5.26 Å². The molecule has 0 radical (unpaired) electrons. The van der Waals surface area contributed by atoms with E-state index in [1.54, 1.807) is 36.0 Å². The minimum atomic E-state index is -0.629. The predicted molar refractivity (Wildman–Crippen MR) is 138 cm³/mol. The maximum absolute atomic E-state index is 13.3. The van der Waals surface area contributed by atoms with Gasteiger partial charge in [0.15, 0.2) is 0 Å². The molecule has 180 valence electrons. The van der Waals surface area contributed by atoms with Crippen LogP contribution >= 0.6 is 11.6 Å². The summed E-state index contributed by atoms with van der Waals surface area (Å²) in [4.78, 5) is 27.0. The Labute approximate surface area is 214 Å². The Bertz CT molecular complexity index is 1460. The zero-order valence-electron chi connectivity index (χ0n) is 19.9. The molecule has 8 heteroatoms. The summed E-state index contributed by atoms with van der Waals surface area (Å²) in [6.45, 7) is 7.58. The van der Waals surface area contributed by atoms with Gasteiger partial charge in [-0.25, -0.2) is 4.68 Å².